The predicted octanol–water partition coefficient (Wildman–Crippen LogP) is 5.67. The van der Waals surface area contributed by atoms with Gasteiger partial charge in [-0.05, 0) is 77.2 Å². The van der Waals surface area contributed by atoms with Crippen molar-refractivity contribution in [2.75, 3.05) is 5.73 Å². The van der Waals surface area contributed by atoms with Crippen molar-refractivity contribution in [3.8, 4) is 33.4 Å². The fraction of sp³-hybridized carbons (Fsp3) is 0.0357. The summed E-state index contributed by atoms with van der Waals surface area (Å²) in [5.74, 6) is -3.09. The molecule has 0 spiro atoms. The van der Waals surface area contributed by atoms with Gasteiger partial charge in [-0.1, -0.05) is 36.4 Å². The maximum atomic E-state index is 11.3. The minimum Gasteiger partial charge on any atom is -0.478 e. The van der Waals surface area contributed by atoms with E-state index in [9.17, 15) is 29.7 Å². The molecule has 0 aromatic heterocycles. The van der Waals surface area contributed by atoms with Crippen LogP contribution in [0.25, 0.3) is 33.4 Å². The Morgan fingerprint density at radius 2 is 0.914 bits per heavy atom. The van der Waals surface area contributed by atoms with Crippen molar-refractivity contribution in [1.29, 1.82) is 0 Å². The molecule has 0 bridgehead atoms. The Hall–Kier alpha value is -4.91. The van der Waals surface area contributed by atoms with Crippen molar-refractivity contribution < 1.29 is 29.7 Å². The molecule has 7 nitrogen and oxygen atoms in total. The average Bonchev–Trinajstić information content (AvgIpc) is 2.85. The zero-order valence-corrected chi connectivity index (χ0v) is 18.6. The highest BCUT2D eigenvalue weighted by molar-refractivity contribution is 5.98. The van der Waals surface area contributed by atoms with Crippen LogP contribution in [0.2, 0.25) is 0 Å². The second kappa shape index (κ2) is 9.15. The van der Waals surface area contributed by atoms with Crippen molar-refractivity contribution in [1.82, 2.24) is 0 Å². The summed E-state index contributed by atoms with van der Waals surface area (Å²) in [6.45, 7) is 1.90. The van der Waals surface area contributed by atoms with Crippen molar-refractivity contribution in [3.05, 3.63) is 101 Å². The van der Waals surface area contributed by atoms with Gasteiger partial charge in [0.1, 0.15) is 0 Å². The number of rotatable bonds is 6. The second-order valence-corrected chi connectivity index (χ2v) is 8.03. The summed E-state index contributed by atoms with van der Waals surface area (Å²) in [5.41, 5.74) is 12.8. The Kier molecular flexibility index (Phi) is 6.08. The van der Waals surface area contributed by atoms with Crippen LogP contribution < -0.4 is 5.73 Å². The molecule has 4 rings (SSSR count). The highest BCUT2D eigenvalue weighted by Crippen LogP contribution is 2.42. The van der Waals surface area contributed by atoms with Gasteiger partial charge in [0.2, 0.25) is 0 Å². The quantitative estimate of drug-likeness (QED) is 0.268. The first-order valence-electron chi connectivity index (χ1n) is 10.6. The number of hydrogen-bond donors (Lipinski definition) is 4. The van der Waals surface area contributed by atoms with Crippen LogP contribution in [0, 0.1) is 6.92 Å². The van der Waals surface area contributed by atoms with Gasteiger partial charge >= 0.3 is 17.9 Å². The molecule has 0 amide bonds. The Balaban J connectivity index is 1.96. The Morgan fingerprint density at radius 3 is 1.29 bits per heavy atom. The maximum absolute atomic E-state index is 11.3. The molecular formula is C28H21NO6. The average molecular weight is 467 g/mol. The monoisotopic (exact) mass is 467 g/mol. The molecule has 0 saturated heterocycles. The summed E-state index contributed by atoms with van der Waals surface area (Å²) in [6, 6.07) is 21.1. The largest absolute Gasteiger partial charge is 0.478 e. The first kappa shape index (κ1) is 23.3. The molecule has 0 radical (unpaired) electrons. The molecular weight excluding hydrogens is 446 g/mol. The van der Waals surface area contributed by atoms with Crippen molar-refractivity contribution in [2.24, 2.45) is 0 Å². The second-order valence-electron chi connectivity index (χ2n) is 8.03. The number of anilines is 1. The molecule has 0 aliphatic heterocycles. The van der Waals surface area contributed by atoms with Crippen LogP contribution in [0.3, 0.4) is 0 Å². The highest BCUT2D eigenvalue weighted by Gasteiger charge is 2.18. The number of nitrogen functional groups attached to an aromatic ring is 1. The van der Waals surface area contributed by atoms with Crippen LogP contribution in [0.15, 0.2) is 78.9 Å². The standard InChI is InChI=1S/C28H21NO6/c1-15-22(16-2-8-19(9-3-16)26(30)31)14-23(17-4-10-20(11-5-17)27(32)33)25(29)24(15)18-6-12-21(13-7-18)28(34)35/h2-14H,29H2,1H3,(H,30,31)(H,32,33)(H,34,35). The summed E-state index contributed by atoms with van der Waals surface area (Å²) in [6.07, 6.45) is 0. The zero-order valence-electron chi connectivity index (χ0n) is 18.6. The van der Waals surface area contributed by atoms with Crippen LogP contribution in [0.1, 0.15) is 36.6 Å². The minimum atomic E-state index is -1.04. The number of aromatic carboxylic acids is 3. The molecule has 0 aliphatic rings. The summed E-state index contributed by atoms with van der Waals surface area (Å²) in [4.78, 5) is 33.9. The lowest BCUT2D eigenvalue weighted by Crippen LogP contribution is -2.01. The van der Waals surface area contributed by atoms with Gasteiger partial charge in [-0.15, -0.1) is 0 Å². The summed E-state index contributed by atoms with van der Waals surface area (Å²) in [7, 11) is 0. The summed E-state index contributed by atoms with van der Waals surface area (Å²) >= 11 is 0. The molecule has 0 saturated carbocycles. The minimum absolute atomic E-state index is 0.147. The van der Waals surface area contributed by atoms with Gasteiger partial charge in [0.05, 0.1) is 16.7 Å². The van der Waals surface area contributed by atoms with Gasteiger partial charge in [0, 0.05) is 16.8 Å². The number of carboxylic acid groups (broad SMARTS) is 3. The fourth-order valence-corrected chi connectivity index (χ4v) is 4.08. The van der Waals surface area contributed by atoms with E-state index in [0.717, 1.165) is 22.3 Å². The Labute approximate surface area is 200 Å². The van der Waals surface area contributed by atoms with E-state index in [4.69, 9.17) is 5.73 Å². The molecule has 0 atom stereocenters. The van der Waals surface area contributed by atoms with Crippen molar-refractivity contribution in [3.63, 3.8) is 0 Å². The van der Waals surface area contributed by atoms with E-state index in [1.807, 2.05) is 13.0 Å². The molecule has 0 unspecified atom stereocenters. The lowest BCUT2D eigenvalue weighted by atomic mass is 9.86. The molecule has 5 N–H and O–H groups in total. The predicted molar refractivity (Wildman–Crippen MR) is 133 cm³/mol. The lowest BCUT2D eigenvalue weighted by Gasteiger charge is -2.19. The number of hydrogen-bond acceptors (Lipinski definition) is 4. The zero-order chi connectivity index (χ0) is 25.3. The number of benzene rings is 4. The van der Waals surface area contributed by atoms with Gasteiger partial charge < -0.3 is 21.1 Å². The van der Waals surface area contributed by atoms with Crippen molar-refractivity contribution >= 4 is 23.6 Å². The van der Waals surface area contributed by atoms with Crippen LogP contribution in [-0.4, -0.2) is 33.2 Å². The van der Waals surface area contributed by atoms with Crippen LogP contribution in [-0.2, 0) is 0 Å². The van der Waals surface area contributed by atoms with Gasteiger partial charge in [-0.25, -0.2) is 14.4 Å². The third-order valence-corrected chi connectivity index (χ3v) is 5.93. The third-order valence-electron chi connectivity index (χ3n) is 5.93. The van der Waals surface area contributed by atoms with E-state index >= 15 is 0 Å². The van der Waals surface area contributed by atoms with E-state index in [1.165, 1.54) is 36.4 Å². The van der Waals surface area contributed by atoms with Crippen LogP contribution >= 0.6 is 0 Å². The molecule has 4 aromatic carbocycles. The van der Waals surface area contributed by atoms with Gasteiger partial charge in [0.25, 0.3) is 0 Å². The first-order chi connectivity index (χ1) is 16.7. The van der Waals surface area contributed by atoms with Crippen molar-refractivity contribution in [2.45, 2.75) is 6.92 Å². The topological polar surface area (TPSA) is 138 Å². The molecule has 35 heavy (non-hydrogen) atoms. The van der Waals surface area contributed by atoms with Gasteiger partial charge in [0.15, 0.2) is 0 Å². The van der Waals surface area contributed by atoms with Gasteiger partial charge in [-0.2, -0.15) is 0 Å². The third kappa shape index (κ3) is 4.47. The SMILES string of the molecule is Cc1c(-c2ccc(C(=O)O)cc2)cc(-c2ccc(C(=O)O)cc2)c(N)c1-c1ccc(C(=O)O)cc1. The molecule has 0 heterocycles. The maximum Gasteiger partial charge on any atom is 0.335 e. The number of nitrogens with two attached hydrogens (primary N) is 1. The number of carboxylic acids is 3. The lowest BCUT2D eigenvalue weighted by molar-refractivity contribution is 0.0686. The molecule has 174 valence electrons. The van der Waals surface area contributed by atoms with Crippen LogP contribution in [0.4, 0.5) is 5.69 Å². The van der Waals surface area contributed by atoms with E-state index in [0.29, 0.717) is 22.4 Å². The Morgan fingerprint density at radius 1 is 0.571 bits per heavy atom. The van der Waals surface area contributed by atoms with E-state index in [1.54, 1.807) is 36.4 Å². The number of carbonyl (C=O) groups is 3. The summed E-state index contributed by atoms with van der Waals surface area (Å²) < 4.78 is 0. The molecule has 4 aromatic rings. The fourth-order valence-electron chi connectivity index (χ4n) is 4.08. The normalized spacial score (nSPS) is 10.7. The molecule has 0 fully saturated rings. The summed E-state index contributed by atoms with van der Waals surface area (Å²) in [5, 5.41) is 27.7. The molecule has 0 aliphatic carbocycles. The van der Waals surface area contributed by atoms with Crippen LogP contribution in [0.5, 0.6) is 0 Å². The Bertz CT molecular complexity index is 1370. The molecule has 7 heteroatoms. The van der Waals surface area contributed by atoms with Gasteiger partial charge in [-0.3, -0.25) is 0 Å². The smallest absolute Gasteiger partial charge is 0.335 e. The van der Waals surface area contributed by atoms with E-state index < -0.39 is 17.9 Å². The van der Waals surface area contributed by atoms with E-state index in [-0.39, 0.29) is 16.7 Å². The first-order valence-corrected chi connectivity index (χ1v) is 10.6. The highest BCUT2D eigenvalue weighted by atomic mass is 16.4. The van der Waals surface area contributed by atoms with E-state index in [2.05, 4.69) is 0 Å².